The van der Waals surface area contributed by atoms with Crippen LogP contribution < -0.4 is 0 Å². The van der Waals surface area contributed by atoms with Gasteiger partial charge in [0.2, 0.25) is 0 Å². The van der Waals surface area contributed by atoms with Crippen LogP contribution in [0.25, 0.3) is 10.9 Å². The van der Waals surface area contributed by atoms with Crippen molar-refractivity contribution in [3.63, 3.8) is 0 Å². The van der Waals surface area contributed by atoms with Gasteiger partial charge >= 0.3 is 0 Å². The molecule has 2 heterocycles. The molecule has 0 radical (unpaired) electrons. The van der Waals surface area contributed by atoms with E-state index in [9.17, 15) is 0 Å². The van der Waals surface area contributed by atoms with Crippen LogP contribution in [0.5, 0.6) is 0 Å². The number of hydrogen-bond donors (Lipinski definition) is 2. The van der Waals surface area contributed by atoms with Crippen molar-refractivity contribution in [3.8, 4) is 0 Å². The third-order valence-electron chi connectivity index (χ3n) is 2.72. The Labute approximate surface area is 93.5 Å². The van der Waals surface area contributed by atoms with Gasteiger partial charge < -0.3 is 9.97 Å². The SMILES string of the molecule is Cc1ncc(Cc2cc3ccccc3[nH]2)[nH]1. The number of rotatable bonds is 2. The highest BCUT2D eigenvalue weighted by molar-refractivity contribution is 5.80. The van der Waals surface area contributed by atoms with Crippen LogP contribution in [0.15, 0.2) is 36.5 Å². The van der Waals surface area contributed by atoms with Crippen LogP contribution in [0, 0.1) is 6.92 Å². The molecule has 0 spiro atoms. The number of H-pyrrole nitrogens is 2. The Hall–Kier alpha value is -2.03. The summed E-state index contributed by atoms with van der Waals surface area (Å²) in [4.78, 5) is 10.8. The molecule has 80 valence electrons. The zero-order valence-electron chi connectivity index (χ0n) is 9.12. The molecule has 2 N–H and O–H groups in total. The highest BCUT2D eigenvalue weighted by Gasteiger charge is 2.02. The lowest BCUT2D eigenvalue weighted by atomic mass is 10.2. The molecule has 16 heavy (non-hydrogen) atoms. The molecule has 3 rings (SSSR count). The van der Waals surface area contributed by atoms with Gasteiger partial charge in [-0.3, -0.25) is 0 Å². The largest absolute Gasteiger partial charge is 0.358 e. The number of aromatic nitrogens is 3. The van der Waals surface area contributed by atoms with Crippen molar-refractivity contribution in [3.05, 3.63) is 53.7 Å². The highest BCUT2D eigenvalue weighted by atomic mass is 14.9. The molecule has 0 aliphatic heterocycles. The Kier molecular flexibility index (Phi) is 2.03. The summed E-state index contributed by atoms with van der Waals surface area (Å²) >= 11 is 0. The Morgan fingerprint density at radius 1 is 1.12 bits per heavy atom. The molecule has 1 aromatic carbocycles. The monoisotopic (exact) mass is 211 g/mol. The number of aromatic amines is 2. The molecule has 3 aromatic rings. The van der Waals surface area contributed by atoms with Gasteiger partial charge in [-0.25, -0.2) is 4.98 Å². The van der Waals surface area contributed by atoms with Crippen LogP contribution in [-0.4, -0.2) is 15.0 Å². The average molecular weight is 211 g/mol. The van der Waals surface area contributed by atoms with Gasteiger partial charge in [0.25, 0.3) is 0 Å². The molecular weight excluding hydrogens is 198 g/mol. The maximum Gasteiger partial charge on any atom is 0.103 e. The Bertz CT molecular complexity index is 586. The Morgan fingerprint density at radius 2 is 2.00 bits per heavy atom. The molecule has 0 aliphatic rings. The first-order valence-electron chi connectivity index (χ1n) is 5.38. The second kappa shape index (κ2) is 3.52. The minimum atomic E-state index is 0.871. The van der Waals surface area contributed by atoms with E-state index in [-0.39, 0.29) is 0 Å². The van der Waals surface area contributed by atoms with E-state index in [2.05, 4.69) is 39.2 Å². The quantitative estimate of drug-likeness (QED) is 0.672. The fourth-order valence-electron chi connectivity index (χ4n) is 2.00. The minimum Gasteiger partial charge on any atom is -0.358 e. The van der Waals surface area contributed by atoms with Gasteiger partial charge in [-0.1, -0.05) is 18.2 Å². The summed E-state index contributed by atoms with van der Waals surface area (Å²) in [7, 11) is 0. The number of nitrogens with one attached hydrogen (secondary N) is 2. The van der Waals surface area contributed by atoms with E-state index >= 15 is 0 Å². The van der Waals surface area contributed by atoms with Crippen LogP contribution in [0.4, 0.5) is 0 Å². The number of aryl methyl sites for hydroxylation is 1. The predicted molar refractivity (Wildman–Crippen MR) is 64.4 cm³/mol. The molecule has 0 aliphatic carbocycles. The number of para-hydroxylation sites is 1. The second-order valence-corrected chi connectivity index (χ2v) is 4.05. The van der Waals surface area contributed by atoms with Crippen LogP contribution >= 0.6 is 0 Å². The van der Waals surface area contributed by atoms with Crippen molar-refractivity contribution < 1.29 is 0 Å². The number of nitrogens with zero attached hydrogens (tertiary/aromatic N) is 1. The summed E-state index contributed by atoms with van der Waals surface area (Å²) in [6, 6.07) is 10.5. The van der Waals surface area contributed by atoms with Crippen molar-refractivity contribution in [2.45, 2.75) is 13.3 Å². The van der Waals surface area contributed by atoms with Gasteiger partial charge in [-0.05, 0) is 24.4 Å². The Balaban J connectivity index is 1.95. The van der Waals surface area contributed by atoms with Gasteiger partial charge in [-0.2, -0.15) is 0 Å². The van der Waals surface area contributed by atoms with E-state index in [1.807, 2.05) is 19.2 Å². The summed E-state index contributed by atoms with van der Waals surface area (Å²) < 4.78 is 0. The highest BCUT2D eigenvalue weighted by Crippen LogP contribution is 2.16. The Morgan fingerprint density at radius 3 is 2.75 bits per heavy atom. The van der Waals surface area contributed by atoms with Crippen molar-refractivity contribution >= 4 is 10.9 Å². The number of fused-ring (bicyclic) bond motifs is 1. The first kappa shape index (κ1) is 9.21. The van der Waals surface area contributed by atoms with E-state index < -0.39 is 0 Å². The molecule has 0 bridgehead atoms. The van der Waals surface area contributed by atoms with Gasteiger partial charge in [0.1, 0.15) is 5.82 Å². The third-order valence-corrected chi connectivity index (χ3v) is 2.72. The predicted octanol–water partition coefficient (Wildman–Crippen LogP) is 2.79. The van der Waals surface area contributed by atoms with E-state index in [0.29, 0.717) is 0 Å². The van der Waals surface area contributed by atoms with Gasteiger partial charge in [0.15, 0.2) is 0 Å². The maximum atomic E-state index is 4.20. The summed E-state index contributed by atoms with van der Waals surface area (Å²) in [5, 5.41) is 1.26. The van der Waals surface area contributed by atoms with Crippen LogP contribution in [-0.2, 0) is 6.42 Å². The smallest absolute Gasteiger partial charge is 0.103 e. The van der Waals surface area contributed by atoms with E-state index in [4.69, 9.17) is 0 Å². The number of benzene rings is 1. The van der Waals surface area contributed by atoms with Crippen molar-refractivity contribution in [2.75, 3.05) is 0 Å². The zero-order valence-corrected chi connectivity index (χ0v) is 9.12. The van der Waals surface area contributed by atoms with Crippen molar-refractivity contribution in [1.82, 2.24) is 15.0 Å². The van der Waals surface area contributed by atoms with Crippen LogP contribution in [0.3, 0.4) is 0 Å². The molecule has 0 saturated carbocycles. The standard InChI is InChI=1S/C13H13N3/c1-9-14-8-12(15-9)7-11-6-10-4-2-3-5-13(10)16-11/h2-6,8,16H,7H2,1H3,(H,14,15). The normalized spacial score (nSPS) is 11.1. The van der Waals surface area contributed by atoms with Gasteiger partial charge in [0, 0.05) is 29.5 Å². The number of imidazole rings is 1. The molecule has 0 amide bonds. The minimum absolute atomic E-state index is 0.871. The molecule has 3 nitrogen and oxygen atoms in total. The van der Waals surface area contributed by atoms with Crippen LogP contribution in [0.2, 0.25) is 0 Å². The van der Waals surface area contributed by atoms with Crippen molar-refractivity contribution in [2.24, 2.45) is 0 Å². The summed E-state index contributed by atoms with van der Waals surface area (Å²) in [5.74, 6) is 0.964. The maximum absolute atomic E-state index is 4.20. The van der Waals surface area contributed by atoms with E-state index in [0.717, 1.165) is 17.9 Å². The molecule has 3 heteroatoms. The third kappa shape index (κ3) is 1.60. The second-order valence-electron chi connectivity index (χ2n) is 4.05. The topological polar surface area (TPSA) is 44.5 Å². The lowest BCUT2D eigenvalue weighted by Gasteiger charge is -1.93. The van der Waals surface area contributed by atoms with Crippen molar-refractivity contribution in [1.29, 1.82) is 0 Å². The average Bonchev–Trinajstić information content (AvgIpc) is 2.84. The number of hydrogen-bond acceptors (Lipinski definition) is 1. The molecule has 0 fully saturated rings. The first-order valence-corrected chi connectivity index (χ1v) is 5.38. The van der Waals surface area contributed by atoms with E-state index in [1.165, 1.54) is 16.6 Å². The lowest BCUT2D eigenvalue weighted by molar-refractivity contribution is 1.04. The molecule has 0 saturated heterocycles. The van der Waals surface area contributed by atoms with E-state index in [1.54, 1.807) is 0 Å². The lowest BCUT2D eigenvalue weighted by Crippen LogP contribution is -1.87. The summed E-state index contributed by atoms with van der Waals surface area (Å²) in [5.41, 5.74) is 3.54. The molecule has 0 unspecified atom stereocenters. The van der Waals surface area contributed by atoms with Crippen LogP contribution in [0.1, 0.15) is 17.2 Å². The zero-order chi connectivity index (χ0) is 11.0. The first-order chi connectivity index (χ1) is 7.81. The molecule has 0 atom stereocenters. The fourth-order valence-corrected chi connectivity index (χ4v) is 2.00. The fraction of sp³-hybridized carbons (Fsp3) is 0.154. The van der Waals surface area contributed by atoms with Gasteiger partial charge in [0.05, 0.1) is 0 Å². The summed E-state index contributed by atoms with van der Waals surface area (Å²) in [6.07, 6.45) is 2.76. The molecular formula is C13H13N3. The van der Waals surface area contributed by atoms with Gasteiger partial charge in [-0.15, -0.1) is 0 Å². The summed E-state index contributed by atoms with van der Waals surface area (Å²) in [6.45, 7) is 1.97. The molecule has 2 aromatic heterocycles.